The zero-order valence-corrected chi connectivity index (χ0v) is 11.0. The number of hydrogen-bond acceptors (Lipinski definition) is 3. The second kappa shape index (κ2) is 6.95. The van der Waals surface area contributed by atoms with Gasteiger partial charge in [0.05, 0.1) is 6.61 Å². The Morgan fingerprint density at radius 3 is 2.72 bits per heavy atom. The molecule has 2 rings (SSSR count). The zero-order valence-electron chi connectivity index (χ0n) is 11.0. The smallest absolute Gasteiger partial charge is 0.315 e. The van der Waals surface area contributed by atoms with Crippen molar-refractivity contribution in [3.63, 3.8) is 0 Å². The molecule has 1 saturated carbocycles. The Hall–Kier alpha value is -0.810. The second-order valence-corrected chi connectivity index (χ2v) is 5.48. The van der Waals surface area contributed by atoms with Crippen LogP contribution in [-0.4, -0.2) is 37.9 Å². The molecule has 2 aliphatic rings. The summed E-state index contributed by atoms with van der Waals surface area (Å²) in [4.78, 5) is 11.7. The molecule has 2 unspecified atom stereocenters. The maximum Gasteiger partial charge on any atom is 0.315 e. The van der Waals surface area contributed by atoms with Gasteiger partial charge in [0.2, 0.25) is 0 Å². The number of carbonyl (C=O) groups is 1. The fourth-order valence-electron chi connectivity index (χ4n) is 2.79. The van der Waals surface area contributed by atoms with Gasteiger partial charge in [-0.2, -0.15) is 0 Å². The first kappa shape index (κ1) is 13.6. The summed E-state index contributed by atoms with van der Waals surface area (Å²) in [7, 11) is 0. The molecule has 2 fully saturated rings. The Kier molecular flexibility index (Phi) is 5.26. The van der Waals surface area contributed by atoms with Crippen molar-refractivity contribution in [3.05, 3.63) is 0 Å². The van der Waals surface area contributed by atoms with Crippen molar-refractivity contribution in [3.8, 4) is 0 Å². The van der Waals surface area contributed by atoms with Gasteiger partial charge in [0, 0.05) is 25.2 Å². The van der Waals surface area contributed by atoms with E-state index < -0.39 is 0 Å². The van der Waals surface area contributed by atoms with Crippen LogP contribution in [0.3, 0.4) is 0 Å². The number of hydrogen-bond donors (Lipinski definition) is 3. The fourth-order valence-corrected chi connectivity index (χ4v) is 2.79. The molecule has 1 saturated heterocycles. The topological polar surface area (TPSA) is 76.4 Å². The molecule has 2 atom stereocenters. The van der Waals surface area contributed by atoms with Crippen molar-refractivity contribution in [1.29, 1.82) is 0 Å². The third-order valence-electron chi connectivity index (χ3n) is 3.99. The van der Waals surface area contributed by atoms with E-state index in [1.807, 2.05) is 0 Å². The van der Waals surface area contributed by atoms with Gasteiger partial charge < -0.3 is 21.1 Å². The molecule has 0 spiro atoms. The predicted octanol–water partition coefficient (Wildman–Crippen LogP) is 0.982. The molecule has 2 amide bonds. The van der Waals surface area contributed by atoms with Crippen LogP contribution in [0.4, 0.5) is 4.79 Å². The molecule has 0 aromatic carbocycles. The summed E-state index contributed by atoms with van der Waals surface area (Å²) >= 11 is 0. The molecular weight excluding hydrogens is 230 g/mol. The van der Waals surface area contributed by atoms with Gasteiger partial charge in [0.15, 0.2) is 0 Å². The number of nitrogens with one attached hydrogen (secondary N) is 2. The number of nitrogens with two attached hydrogens (primary N) is 1. The van der Waals surface area contributed by atoms with Gasteiger partial charge in [0.1, 0.15) is 0 Å². The first-order valence-electron chi connectivity index (χ1n) is 7.13. The molecule has 0 aromatic heterocycles. The molecule has 5 heteroatoms. The Labute approximate surface area is 109 Å². The van der Waals surface area contributed by atoms with Crippen molar-refractivity contribution in [2.24, 2.45) is 11.7 Å². The molecule has 0 aromatic rings. The number of amides is 2. The molecule has 0 radical (unpaired) electrons. The van der Waals surface area contributed by atoms with Crippen LogP contribution in [0.5, 0.6) is 0 Å². The summed E-state index contributed by atoms with van der Waals surface area (Å²) in [5, 5.41) is 5.88. The monoisotopic (exact) mass is 255 g/mol. The van der Waals surface area contributed by atoms with E-state index in [0.29, 0.717) is 18.5 Å². The lowest BCUT2D eigenvalue weighted by Gasteiger charge is -2.27. The Morgan fingerprint density at radius 1 is 1.28 bits per heavy atom. The van der Waals surface area contributed by atoms with Gasteiger partial charge in [-0.1, -0.05) is 12.8 Å². The first-order valence-corrected chi connectivity index (χ1v) is 7.13. The van der Waals surface area contributed by atoms with E-state index in [0.717, 1.165) is 38.9 Å². The third kappa shape index (κ3) is 4.14. The summed E-state index contributed by atoms with van der Waals surface area (Å²) in [6.45, 7) is 2.11. The average Bonchev–Trinajstić information content (AvgIpc) is 2.90. The van der Waals surface area contributed by atoms with Crippen LogP contribution in [0.25, 0.3) is 0 Å². The van der Waals surface area contributed by atoms with Gasteiger partial charge in [-0.25, -0.2) is 4.79 Å². The highest BCUT2D eigenvalue weighted by molar-refractivity contribution is 5.74. The van der Waals surface area contributed by atoms with Gasteiger partial charge in [0.25, 0.3) is 0 Å². The van der Waals surface area contributed by atoms with Crippen LogP contribution >= 0.6 is 0 Å². The van der Waals surface area contributed by atoms with Crippen molar-refractivity contribution >= 4 is 6.03 Å². The lowest BCUT2D eigenvalue weighted by Crippen LogP contribution is -2.48. The average molecular weight is 255 g/mol. The second-order valence-electron chi connectivity index (χ2n) is 5.48. The van der Waals surface area contributed by atoms with Gasteiger partial charge in [-0.15, -0.1) is 0 Å². The van der Waals surface area contributed by atoms with Crippen LogP contribution in [0.2, 0.25) is 0 Å². The molecular formula is C13H25N3O2. The number of ether oxygens (including phenoxy) is 1. The van der Waals surface area contributed by atoms with Crippen LogP contribution in [0, 0.1) is 5.92 Å². The quantitative estimate of drug-likeness (QED) is 0.701. The molecule has 18 heavy (non-hydrogen) atoms. The summed E-state index contributed by atoms with van der Waals surface area (Å²) in [5.74, 6) is 0.380. The summed E-state index contributed by atoms with van der Waals surface area (Å²) in [6.07, 6.45) is 6.85. The van der Waals surface area contributed by atoms with Crippen molar-refractivity contribution in [2.75, 3.05) is 19.8 Å². The summed E-state index contributed by atoms with van der Waals surface area (Å²) in [6, 6.07) is 0.285. The molecule has 1 aliphatic carbocycles. The standard InChI is InChI=1S/C13H25N3O2/c14-12(10-4-3-7-18-9-10)8-15-13(17)16-11-5-1-2-6-11/h10-12H,1-9,14H2,(H2,15,16,17). The van der Waals surface area contributed by atoms with E-state index in [-0.39, 0.29) is 12.1 Å². The van der Waals surface area contributed by atoms with Gasteiger partial charge in [-0.3, -0.25) is 0 Å². The molecule has 5 nitrogen and oxygen atoms in total. The van der Waals surface area contributed by atoms with E-state index in [1.165, 1.54) is 12.8 Å². The van der Waals surface area contributed by atoms with Crippen LogP contribution in [-0.2, 0) is 4.74 Å². The minimum absolute atomic E-state index is 0.000344. The van der Waals surface area contributed by atoms with E-state index >= 15 is 0 Å². The van der Waals surface area contributed by atoms with Gasteiger partial charge >= 0.3 is 6.03 Å². The largest absolute Gasteiger partial charge is 0.381 e. The van der Waals surface area contributed by atoms with E-state index in [9.17, 15) is 4.79 Å². The summed E-state index contributed by atoms with van der Waals surface area (Å²) < 4.78 is 5.41. The number of urea groups is 1. The van der Waals surface area contributed by atoms with Crippen LogP contribution in [0.15, 0.2) is 0 Å². The van der Waals surface area contributed by atoms with Crippen LogP contribution in [0.1, 0.15) is 38.5 Å². The normalized spacial score (nSPS) is 26.8. The fraction of sp³-hybridized carbons (Fsp3) is 0.923. The summed E-state index contributed by atoms with van der Waals surface area (Å²) in [5.41, 5.74) is 6.08. The van der Waals surface area contributed by atoms with Crippen molar-refractivity contribution in [2.45, 2.75) is 50.6 Å². The molecule has 1 heterocycles. The lowest BCUT2D eigenvalue weighted by molar-refractivity contribution is 0.0452. The highest BCUT2D eigenvalue weighted by atomic mass is 16.5. The highest BCUT2D eigenvalue weighted by Gasteiger charge is 2.22. The van der Waals surface area contributed by atoms with E-state index in [2.05, 4.69) is 10.6 Å². The minimum atomic E-state index is -0.0749. The maximum atomic E-state index is 11.7. The minimum Gasteiger partial charge on any atom is -0.381 e. The number of carbonyl (C=O) groups excluding carboxylic acids is 1. The lowest BCUT2D eigenvalue weighted by atomic mass is 9.94. The Bertz CT molecular complexity index is 261. The zero-order chi connectivity index (χ0) is 12.8. The Morgan fingerprint density at radius 2 is 2.06 bits per heavy atom. The SMILES string of the molecule is NC(CNC(=O)NC1CCCC1)C1CCCOC1. The molecule has 0 bridgehead atoms. The molecule has 1 aliphatic heterocycles. The molecule has 4 N–H and O–H groups in total. The highest BCUT2D eigenvalue weighted by Crippen LogP contribution is 2.17. The predicted molar refractivity (Wildman–Crippen MR) is 70.3 cm³/mol. The first-order chi connectivity index (χ1) is 8.75. The number of rotatable bonds is 4. The molecule has 104 valence electrons. The van der Waals surface area contributed by atoms with E-state index in [4.69, 9.17) is 10.5 Å². The third-order valence-corrected chi connectivity index (χ3v) is 3.99. The van der Waals surface area contributed by atoms with Gasteiger partial charge in [-0.05, 0) is 31.6 Å². The van der Waals surface area contributed by atoms with Crippen molar-refractivity contribution < 1.29 is 9.53 Å². The van der Waals surface area contributed by atoms with E-state index in [1.54, 1.807) is 0 Å². The van der Waals surface area contributed by atoms with Crippen molar-refractivity contribution in [1.82, 2.24) is 10.6 Å². The van der Waals surface area contributed by atoms with Crippen LogP contribution < -0.4 is 16.4 Å². The Balaban J connectivity index is 1.61. The maximum absolute atomic E-state index is 11.7.